The fraction of sp³-hybridized carbons (Fsp3) is 0.250. The zero-order valence-corrected chi connectivity index (χ0v) is 18.6. The summed E-state index contributed by atoms with van der Waals surface area (Å²) in [6.45, 7) is 5.91. The Kier molecular flexibility index (Phi) is 5.44. The lowest BCUT2D eigenvalue weighted by atomic mass is 9.87. The lowest BCUT2D eigenvalue weighted by molar-refractivity contribution is 0.0713. The minimum atomic E-state index is 0.0845. The van der Waals surface area contributed by atoms with Crippen molar-refractivity contribution in [3.63, 3.8) is 0 Å². The van der Waals surface area contributed by atoms with Gasteiger partial charge >= 0.3 is 0 Å². The number of aromatic nitrogens is 2. The van der Waals surface area contributed by atoms with Crippen molar-refractivity contribution in [3.8, 4) is 11.1 Å². The third-order valence-electron chi connectivity index (χ3n) is 6.80. The summed E-state index contributed by atoms with van der Waals surface area (Å²) in [4.78, 5) is 23.6. The Hall–Kier alpha value is -3.53. The highest BCUT2D eigenvalue weighted by atomic mass is 16.2. The van der Waals surface area contributed by atoms with Crippen LogP contribution >= 0.6 is 0 Å². The monoisotopic (exact) mass is 421 g/mol. The predicted octanol–water partition coefficient (Wildman–Crippen LogP) is 5.93. The Morgan fingerprint density at radius 1 is 0.875 bits per heavy atom. The Bertz CT molecular complexity index is 1270. The van der Waals surface area contributed by atoms with Crippen molar-refractivity contribution in [2.24, 2.45) is 0 Å². The third kappa shape index (κ3) is 3.89. The summed E-state index contributed by atoms with van der Waals surface area (Å²) >= 11 is 0. The van der Waals surface area contributed by atoms with E-state index < -0.39 is 0 Å². The Balaban J connectivity index is 1.26. The van der Waals surface area contributed by atoms with E-state index in [0.717, 1.165) is 37.0 Å². The number of piperidine rings is 1. The Labute approximate surface area is 189 Å². The predicted molar refractivity (Wildman–Crippen MR) is 129 cm³/mol. The van der Waals surface area contributed by atoms with Gasteiger partial charge in [0.05, 0.1) is 11.0 Å². The lowest BCUT2D eigenvalue weighted by Gasteiger charge is -2.32. The summed E-state index contributed by atoms with van der Waals surface area (Å²) in [5.74, 6) is 0.579. The second-order valence-electron chi connectivity index (χ2n) is 8.70. The van der Waals surface area contributed by atoms with E-state index in [0.29, 0.717) is 11.5 Å². The highest BCUT2D eigenvalue weighted by Crippen LogP contribution is 2.32. The standard InChI is InChI=1S/C28H27N3O/c1-19-4-3-5-25(20(19)2)23-8-6-21(7-9-23)22-12-16-31(17-13-22)28(32)24-10-11-26-27(18-24)30-15-14-29-26/h3-11,14-15,18,22H,12-13,16-17H2,1-2H3. The van der Waals surface area contributed by atoms with Gasteiger partial charge in [0.25, 0.3) is 5.91 Å². The van der Waals surface area contributed by atoms with E-state index in [1.807, 2.05) is 23.1 Å². The molecule has 0 unspecified atom stereocenters. The van der Waals surface area contributed by atoms with Crippen molar-refractivity contribution < 1.29 is 4.79 Å². The van der Waals surface area contributed by atoms with Crippen LogP contribution in [0, 0.1) is 13.8 Å². The molecule has 0 spiro atoms. The van der Waals surface area contributed by atoms with Crippen molar-refractivity contribution >= 4 is 16.9 Å². The van der Waals surface area contributed by atoms with Gasteiger partial charge in [-0.3, -0.25) is 14.8 Å². The quantitative estimate of drug-likeness (QED) is 0.412. The number of carbonyl (C=O) groups excluding carboxylic acids is 1. The van der Waals surface area contributed by atoms with Crippen molar-refractivity contribution in [2.75, 3.05) is 13.1 Å². The number of likely N-dealkylation sites (tertiary alicyclic amines) is 1. The number of hydrogen-bond acceptors (Lipinski definition) is 3. The molecule has 0 saturated carbocycles. The summed E-state index contributed by atoms with van der Waals surface area (Å²) in [7, 11) is 0. The van der Waals surface area contributed by atoms with Gasteiger partial charge in [-0.1, -0.05) is 42.5 Å². The van der Waals surface area contributed by atoms with Gasteiger partial charge in [-0.2, -0.15) is 0 Å². The molecule has 4 heteroatoms. The zero-order chi connectivity index (χ0) is 22.1. The number of aryl methyl sites for hydroxylation is 1. The summed E-state index contributed by atoms with van der Waals surface area (Å²) in [5, 5.41) is 0. The molecular formula is C28H27N3O. The van der Waals surface area contributed by atoms with Crippen LogP contribution < -0.4 is 0 Å². The number of fused-ring (bicyclic) bond motifs is 1. The molecule has 160 valence electrons. The molecule has 1 saturated heterocycles. The molecule has 4 aromatic rings. The number of benzene rings is 3. The van der Waals surface area contributed by atoms with Gasteiger partial charge < -0.3 is 4.90 Å². The molecule has 2 heterocycles. The van der Waals surface area contributed by atoms with E-state index >= 15 is 0 Å². The summed E-state index contributed by atoms with van der Waals surface area (Å²) in [6.07, 6.45) is 5.31. The van der Waals surface area contributed by atoms with Crippen molar-refractivity contribution in [3.05, 3.63) is 95.3 Å². The van der Waals surface area contributed by atoms with Gasteiger partial charge in [0, 0.05) is 31.0 Å². The van der Waals surface area contributed by atoms with Crippen molar-refractivity contribution in [1.82, 2.24) is 14.9 Å². The Morgan fingerprint density at radius 2 is 1.59 bits per heavy atom. The normalized spacial score (nSPS) is 14.6. The molecule has 1 aliphatic rings. The second kappa shape index (κ2) is 8.54. The maximum atomic E-state index is 13.0. The number of carbonyl (C=O) groups is 1. The van der Waals surface area contributed by atoms with Gasteiger partial charge in [-0.15, -0.1) is 0 Å². The highest BCUT2D eigenvalue weighted by Gasteiger charge is 2.25. The molecule has 1 fully saturated rings. The first-order valence-corrected chi connectivity index (χ1v) is 11.3. The van der Waals surface area contributed by atoms with E-state index in [1.54, 1.807) is 12.4 Å². The molecule has 3 aromatic carbocycles. The first-order valence-electron chi connectivity index (χ1n) is 11.3. The zero-order valence-electron chi connectivity index (χ0n) is 18.6. The van der Waals surface area contributed by atoms with Gasteiger partial charge in [0.2, 0.25) is 0 Å². The van der Waals surface area contributed by atoms with Crippen LogP contribution in [0.1, 0.15) is 45.8 Å². The maximum absolute atomic E-state index is 13.0. The lowest BCUT2D eigenvalue weighted by Crippen LogP contribution is -2.37. The Morgan fingerprint density at radius 3 is 2.34 bits per heavy atom. The molecule has 0 aliphatic carbocycles. The average Bonchev–Trinajstić information content (AvgIpc) is 2.85. The molecule has 4 nitrogen and oxygen atoms in total. The minimum absolute atomic E-state index is 0.0845. The van der Waals surface area contributed by atoms with Crippen LogP contribution in [-0.2, 0) is 0 Å². The van der Waals surface area contributed by atoms with E-state index in [1.165, 1.54) is 27.8 Å². The van der Waals surface area contributed by atoms with E-state index in [2.05, 4.69) is 66.3 Å². The molecule has 5 rings (SSSR count). The first kappa shape index (κ1) is 20.4. The molecule has 0 bridgehead atoms. The van der Waals surface area contributed by atoms with Crippen LogP contribution in [0.25, 0.3) is 22.2 Å². The third-order valence-corrected chi connectivity index (χ3v) is 6.80. The van der Waals surface area contributed by atoms with Crippen LogP contribution in [-0.4, -0.2) is 33.9 Å². The number of rotatable bonds is 3. The van der Waals surface area contributed by atoms with Gasteiger partial charge in [-0.25, -0.2) is 0 Å². The van der Waals surface area contributed by atoms with Gasteiger partial charge in [-0.05, 0) is 78.6 Å². The second-order valence-corrected chi connectivity index (χ2v) is 8.70. The summed E-state index contributed by atoms with van der Waals surface area (Å²) < 4.78 is 0. The summed E-state index contributed by atoms with van der Waals surface area (Å²) in [5.41, 5.74) is 8.86. The molecule has 0 atom stereocenters. The number of amides is 1. The molecule has 1 aromatic heterocycles. The van der Waals surface area contributed by atoms with E-state index in [-0.39, 0.29) is 5.91 Å². The molecule has 0 N–H and O–H groups in total. The highest BCUT2D eigenvalue weighted by molar-refractivity contribution is 5.97. The van der Waals surface area contributed by atoms with Crippen molar-refractivity contribution in [1.29, 1.82) is 0 Å². The van der Waals surface area contributed by atoms with Crippen LogP contribution in [0.15, 0.2) is 73.1 Å². The van der Waals surface area contributed by atoms with Gasteiger partial charge in [0.1, 0.15) is 0 Å². The molecular weight excluding hydrogens is 394 g/mol. The first-order chi connectivity index (χ1) is 15.6. The van der Waals surface area contributed by atoms with Crippen LogP contribution in [0.2, 0.25) is 0 Å². The molecule has 32 heavy (non-hydrogen) atoms. The fourth-order valence-electron chi connectivity index (χ4n) is 4.69. The molecule has 1 aliphatic heterocycles. The van der Waals surface area contributed by atoms with Crippen LogP contribution in [0.3, 0.4) is 0 Å². The van der Waals surface area contributed by atoms with Crippen molar-refractivity contribution in [2.45, 2.75) is 32.6 Å². The van der Waals surface area contributed by atoms with Gasteiger partial charge in [0.15, 0.2) is 0 Å². The average molecular weight is 422 g/mol. The van der Waals surface area contributed by atoms with E-state index in [9.17, 15) is 4.79 Å². The van der Waals surface area contributed by atoms with Crippen LogP contribution in [0.5, 0.6) is 0 Å². The number of nitrogens with zero attached hydrogens (tertiary/aromatic N) is 3. The van der Waals surface area contributed by atoms with E-state index in [4.69, 9.17) is 0 Å². The minimum Gasteiger partial charge on any atom is -0.339 e. The largest absolute Gasteiger partial charge is 0.339 e. The smallest absolute Gasteiger partial charge is 0.253 e. The van der Waals surface area contributed by atoms with Crippen LogP contribution in [0.4, 0.5) is 0 Å². The SMILES string of the molecule is Cc1cccc(-c2ccc(C3CCN(C(=O)c4ccc5nccnc5c4)CC3)cc2)c1C. The maximum Gasteiger partial charge on any atom is 0.253 e. The topological polar surface area (TPSA) is 46.1 Å². The molecule has 0 radical (unpaired) electrons. The molecule has 1 amide bonds. The summed E-state index contributed by atoms with van der Waals surface area (Å²) in [6, 6.07) is 21.1. The fourth-order valence-corrected chi connectivity index (χ4v) is 4.69. The number of hydrogen-bond donors (Lipinski definition) is 0.